The number of nitrogens with zero attached hydrogens (tertiary/aromatic N) is 2. The molecule has 274 valence electrons. The number of methoxy groups -OCH3 is 1. The minimum Gasteiger partial charge on any atom is -0.466 e. The number of rotatable bonds is 21. The second-order valence-corrected chi connectivity index (χ2v) is 11.4. The molecule has 3 aromatic carbocycles. The first-order valence-corrected chi connectivity index (χ1v) is 16.5. The minimum atomic E-state index is -0.858. The molecule has 0 spiro atoms. The summed E-state index contributed by atoms with van der Waals surface area (Å²) in [4.78, 5) is 80.8. The van der Waals surface area contributed by atoms with Gasteiger partial charge in [0.2, 0.25) is 0 Å². The van der Waals surface area contributed by atoms with Gasteiger partial charge in [0.1, 0.15) is 5.75 Å². The van der Waals surface area contributed by atoms with Gasteiger partial charge < -0.3 is 18.9 Å². The van der Waals surface area contributed by atoms with Crippen LogP contribution in [-0.4, -0.2) is 60.3 Å². The molecular weight excluding hydrogens is 680 g/mol. The van der Waals surface area contributed by atoms with Crippen LogP contribution in [0, 0.1) is 20.2 Å². The number of carbonyl (C=O) groups is 5. The van der Waals surface area contributed by atoms with Crippen molar-refractivity contribution in [3.05, 3.63) is 115 Å². The first kappa shape index (κ1) is 40.2. The van der Waals surface area contributed by atoms with Crippen molar-refractivity contribution in [1.29, 1.82) is 0 Å². The third-order valence-electron chi connectivity index (χ3n) is 7.66. The fraction of sp³-hybridized carbons (Fsp3) is 0.324. The molecule has 3 aromatic rings. The van der Waals surface area contributed by atoms with Gasteiger partial charge in [-0.2, -0.15) is 0 Å². The monoisotopic (exact) mass is 718 g/mol. The van der Waals surface area contributed by atoms with Crippen LogP contribution in [0.15, 0.2) is 66.7 Å². The van der Waals surface area contributed by atoms with Crippen LogP contribution in [0.5, 0.6) is 5.75 Å². The highest BCUT2D eigenvalue weighted by Crippen LogP contribution is 2.24. The molecule has 0 radical (unpaired) electrons. The molecule has 0 fully saturated rings. The Labute approximate surface area is 298 Å². The van der Waals surface area contributed by atoms with Gasteiger partial charge in [0.25, 0.3) is 11.4 Å². The summed E-state index contributed by atoms with van der Waals surface area (Å²) in [5.41, 5.74) is -0.401. The molecule has 0 aliphatic heterocycles. The largest absolute Gasteiger partial charge is 0.466 e. The summed E-state index contributed by atoms with van der Waals surface area (Å²) >= 11 is 0. The smallest absolute Gasteiger partial charge is 0.343 e. The first-order chi connectivity index (χ1) is 25.0. The Kier molecular flexibility index (Phi) is 16.3. The van der Waals surface area contributed by atoms with E-state index in [1.165, 1.54) is 49.6 Å². The van der Waals surface area contributed by atoms with Crippen molar-refractivity contribution in [2.24, 2.45) is 0 Å². The molecule has 15 heteroatoms. The molecule has 52 heavy (non-hydrogen) atoms. The minimum absolute atomic E-state index is 0.0219. The lowest BCUT2D eigenvalue weighted by molar-refractivity contribution is -0.394. The molecule has 15 nitrogen and oxygen atoms in total. The number of hydrogen-bond donors (Lipinski definition) is 0. The quantitative estimate of drug-likeness (QED) is 0.0156. The number of nitro groups is 2. The number of nitro benzene ring substituents is 2. The zero-order valence-corrected chi connectivity index (χ0v) is 28.5. The molecule has 0 unspecified atom stereocenters. The van der Waals surface area contributed by atoms with Crippen LogP contribution < -0.4 is 4.74 Å². The number of non-ortho nitro benzene ring substituents is 2. The predicted molar refractivity (Wildman–Crippen MR) is 186 cm³/mol. The zero-order chi connectivity index (χ0) is 37.9. The van der Waals surface area contributed by atoms with E-state index in [1.54, 1.807) is 12.1 Å². The van der Waals surface area contributed by atoms with E-state index < -0.39 is 45.1 Å². The molecule has 0 amide bonds. The highest BCUT2D eigenvalue weighted by molar-refractivity contribution is 5.99. The summed E-state index contributed by atoms with van der Waals surface area (Å²) in [7, 11) is 1.27. The maximum Gasteiger partial charge on any atom is 0.343 e. The van der Waals surface area contributed by atoms with Crippen molar-refractivity contribution in [1.82, 2.24) is 0 Å². The fourth-order valence-electron chi connectivity index (χ4n) is 4.86. The summed E-state index contributed by atoms with van der Waals surface area (Å²) in [6.45, 7) is 0.243. The van der Waals surface area contributed by atoms with Crippen LogP contribution in [0.1, 0.15) is 105 Å². The highest BCUT2D eigenvalue weighted by Gasteiger charge is 2.21. The third kappa shape index (κ3) is 13.2. The second-order valence-electron chi connectivity index (χ2n) is 11.4. The van der Waals surface area contributed by atoms with Crippen molar-refractivity contribution < 1.29 is 52.8 Å². The van der Waals surface area contributed by atoms with E-state index >= 15 is 0 Å². The summed E-state index contributed by atoms with van der Waals surface area (Å²) in [5, 5.41) is 22.0. The Balaban J connectivity index is 1.29. The van der Waals surface area contributed by atoms with E-state index in [4.69, 9.17) is 14.2 Å². The lowest BCUT2D eigenvalue weighted by atomic mass is 10.1. The van der Waals surface area contributed by atoms with Crippen LogP contribution in [0.3, 0.4) is 0 Å². The van der Waals surface area contributed by atoms with Crippen molar-refractivity contribution in [2.75, 3.05) is 20.3 Å². The Morgan fingerprint density at radius 3 is 1.71 bits per heavy atom. The Morgan fingerprint density at radius 1 is 0.654 bits per heavy atom. The van der Waals surface area contributed by atoms with Gasteiger partial charge in [-0.05, 0) is 54.8 Å². The normalized spacial score (nSPS) is 10.7. The van der Waals surface area contributed by atoms with E-state index in [2.05, 4.69) is 4.74 Å². The van der Waals surface area contributed by atoms with Crippen molar-refractivity contribution in [3.8, 4) is 5.75 Å². The molecule has 0 saturated heterocycles. The van der Waals surface area contributed by atoms with E-state index in [0.29, 0.717) is 24.7 Å². The number of aldehydes is 1. The fourth-order valence-corrected chi connectivity index (χ4v) is 4.86. The second kappa shape index (κ2) is 21.1. The average molecular weight is 719 g/mol. The van der Waals surface area contributed by atoms with Gasteiger partial charge in [-0.25, -0.2) is 19.2 Å². The Bertz CT molecular complexity index is 1750. The van der Waals surface area contributed by atoms with Crippen molar-refractivity contribution in [2.45, 2.75) is 57.8 Å². The van der Waals surface area contributed by atoms with Crippen LogP contribution >= 0.6 is 0 Å². The van der Waals surface area contributed by atoms with Gasteiger partial charge in [0, 0.05) is 23.8 Å². The zero-order valence-electron chi connectivity index (χ0n) is 28.5. The lowest BCUT2D eigenvalue weighted by Gasteiger charge is -2.10. The molecule has 0 saturated carbocycles. The Morgan fingerprint density at radius 2 is 1.19 bits per heavy atom. The SMILES string of the molecule is COC(=O)C=Cc1ccc(C(=O)Oc2ccc(C=O)c(C(=O)OCCCCCCCCCCCOC(=O)c3cc([N+](=O)[O-])cc([N+](=O)[O-])c3)c2)cc1. The number of ether oxygens (including phenoxy) is 4. The molecule has 0 N–H and O–H groups in total. The topological polar surface area (TPSA) is 209 Å². The third-order valence-corrected chi connectivity index (χ3v) is 7.66. The first-order valence-electron chi connectivity index (χ1n) is 16.5. The van der Waals surface area contributed by atoms with Crippen molar-refractivity contribution >= 4 is 47.6 Å². The summed E-state index contributed by atoms with van der Waals surface area (Å²) in [5.74, 6) is -2.70. The van der Waals surface area contributed by atoms with Gasteiger partial charge in [-0.15, -0.1) is 0 Å². The van der Waals surface area contributed by atoms with Gasteiger partial charge in [-0.3, -0.25) is 25.0 Å². The lowest BCUT2D eigenvalue weighted by Crippen LogP contribution is -2.12. The van der Waals surface area contributed by atoms with E-state index in [-0.39, 0.29) is 41.2 Å². The van der Waals surface area contributed by atoms with Gasteiger partial charge >= 0.3 is 23.9 Å². The van der Waals surface area contributed by atoms with E-state index in [0.717, 1.165) is 63.1 Å². The molecule has 0 aromatic heterocycles. The Hall–Kier alpha value is -6.25. The molecule has 0 aliphatic carbocycles. The molecule has 0 heterocycles. The standard InChI is InChI=1S/C37H38N2O13/c1-49-34(41)18-13-26-11-14-27(15-12-26)36(43)52-32-17-16-28(25-40)33(24-32)37(44)51-20-10-8-6-4-2-3-5-7-9-19-50-35(42)29-21-30(38(45)46)23-31(22-29)39(47)48/h11-18,21-25H,2-10,19-20H2,1H3. The van der Waals surface area contributed by atoms with Crippen LogP contribution in [-0.2, 0) is 19.0 Å². The van der Waals surface area contributed by atoms with Crippen LogP contribution in [0.4, 0.5) is 11.4 Å². The van der Waals surface area contributed by atoms with E-state index in [1.807, 2.05) is 0 Å². The number of esters is 4. The number of benzene rings is 3. The summed E-state index contributed by atoms with van der Waals surface area (Å²) in [6, 6.07) is 13.0. The number of carbonyl (C=O) groups excluding carboxylic acids is 5. The molecular formula is C37H38N2O13. The maximum absolute atomic E-state index is 12.7. The summed E-state index contributed by atoms with van der Waals surface area (Å²) in [6.07, 6.45) is 10.9. The van der Waals surface area contributed by atoms with Gasteiger partial charge in [0.05, 0.1) is 52.9 Å². The molecule has 0 aliphatic rings. The van der Waals surface area contributed by atoms with Gasteiger partial charge in [0.15, 0.2) is 6.29 Å². The van der Waals surface area contributed by atoms with Crippen LogP contribution in [0.2, 0.25) is 0 Å². The van der Waals surface area contributed by atoms with E-state index in [9.17, 15) is 44.2 Å². The maximum atomic E-state index is 12.7. The predicted octanol–water partition coefficient (Wildman–Crippen LogP) is 7.25. The number of unbranched alkanes of at least 4 members (excludes halogenated alkanes) is 8. The van der Waals surface area contributed by atoms with Crippen molar-refractivity contribution in [3.63, 3.8) is 0 Å². The summed E-state index contributed by atoms with van der Waals surface area (Å²) < 4.78 is 20.4. The van der Waals surface area contributed by atoms with Crippen LogP contribution in [0.25, 0.3) is 6.08 Å². The highest BCUT2D eigenvalue weighted by atomic mass is 16.6. The average Bonchev–Trinajstić information content (AvgIpc) is 3.15. The number of hydrogen-bond acceptors (Lipinski definition) is 13. The van der Waals surface area contributed by atoms with Gasteiger partial charge in [-0.1, -0.05) is 57.1 Å². The molecule has 0 atom stereocenters. The molecule has 0 bridgehead atoms. The molecule has 3 rings (SSSR count).